The summed E-state index contributed by atoms with van der Waals surface area (Å²) >= 11 is 0. The summed E-state index contributed by atoms with van der Waals surface area (Å²) in [6.07, 6.45) is 1.76. The van der Waals surface area contributed by atoms with Crippen molar-refractivity contribution in [3.63, 3.8) is 0 Å². The summed E-state index contributed by atoms with van der Waals surface area (Å²) < 4.78 is 16.8. The third kappa shape index (κ3) is 6.02. The summed E-state index contributed by atoms with van der Waals surface area (Å²) in [6, 6.07) is 10.9. The third-order valence-corrected chi connectivity index (χ3v) is 5.91. The van der Waals surface area contributed by atoms with E-state index in [0.717, 1.165) is 31.1 Å². The Bertz CT molecular complexity index is 348. The highest BCUT2D eigenvalue weighted by Gasteiger charge is 2.37. The van der Waals surface area contributed by atoms with E-state index in [1.165, 1.54) is 0 Å². The van der Waals surface area contributed by atoms with Crippen molar-refractivity contribution in [2.45, 2.75) is 18.9 Å². The van der Waals surface area contributed by atoms with E-state index in [-0.39, 0.29) is 0 Å². The Morgan fingerprint density at radius 3 is 2.40 bits per heavy atom. The van der Waals surface area contributed by atoms with Crippen molar-refractivity contribution in [3.05, 3.63) is 30.3 Å². The molecule has 20 heavy (non-hydrogen) atoms. The van der Waals surface area contributed by atoms with Crippen LogP contribution in [0, 0.1) is 0 Å². The average molecular weight is 298 g/mol. The molecule has 5 nitrogen and oxygen atoms in total. The van der Waals surface area contributed by atoms with Crippen molar-refractivity contribution >= 4 is 14.5 Å². The molecule has 0 fully saturated rings. The number of benzene rings is 1. The maximum Gasteiger partial charge on any atom is 0.500 e. The van der Waals surface area contributed by atoms with E-state index in [4.69, 9.17) is 19.0 Å². The van der Waals surface area contributed by atoms with Gasteiger partial charge in [0.15, 0.2) is 0 Å². The van der Waals surface area contributed by atoms with Crippen LogP contribution in [0.15, 0.2) is 30.3 Å². The van der Waals surface area contributed by atoms with Crippen LogP contribution in [0.1, 0.15) is 12.8 Å². The predicted octanol–water partition coefficient (Wildman–Crippen LogP) is 2.09. The SMILES string of the molecule is CO[Si](CCCN)(OC)OCCCNc1ccccc1. The molecule has 1 aromatic carbocycles. The third-order valence-electron chi connectivity index (χ3n) is 3.06. The van der Waals surface area contributed by atoms with Crippen LogP contribution in [0.3, 0.4) is 0 Å². The van der Waals surface area contributed by atoms with E-state index in [2.05, 4.69) is 5.32 Å². The number of nitrogens with two attached hydrogens (primary N) is 1. The van der Waals surface area contributed by atoms with Gasteiger partial charge in [-0.15, -0.1) is 0 Å². The lowest BCUT2D eigenvalue weighted by Gasteiger charge is -2.26. The van der Waals surface area contributed by atoms with Gasteiger partial charge in [-0.1, -0.05) is 18.2 Å². The molecule has 0 bridgehead atoms. The van der Waals surface area contributed by atoms with Crippen LogP contribution in [-0.2, 0) is 13.3 Å². The predicted molar refractivity (Wildman–Crippen MR) is 83.8 cm³/mol. The van der Waals surface area contributed by atoms with Crippen LogP contribution in [0.25, 0.3) is 0 Å². The highest BCUT2D eigenvalue weighted by Crippen LogP contribution is 2.16. The fraction of sp³-hybridized carbons (Fsp3) is 0.571. The standard InChI is InChI=1S/C14H26N2O3Si/c1-17-20(18-2,13-6-10-15)19-12-7-11-16-14-8-4-3-5-9-14/h3-5,8-9,16H,6-7,10-13,15H2,1-2H3. The Hall–Kier alpha value is -0.923. The largest absolute Gasteiger partial charge is 0.500 e. The van der Waals surface area contributed by atoms with E-state index < -0.39 is 8.80 Å². The summed E-state index contributed by atoms with van der Waals surface area (Å²) in [7, 11) is 0.793. The lowest BCUT2D eigenvalue weighted by Crippen LogP contribution is -2.44. The molecule has 0 saturated heterocycles. The smallest absolute Gasteiger partial charge is 0.385 e. The number of hydrogen-bond donors (Lipinski definition) is 2. The minimum absolute atomic E-state index is 0.623. The van der Waals surface area contributed by atoms with Crippen molar-refractivity contribution in [3.8, 4) is 0 Å². The fourth-order valence-corrected chi connectivity index (χ4v) is 3.93. The van der Waals surface area contributed by atoms with Crippen LogP contribution < -0.4 is 11.1 Å². The molecule has 0 aliphatic rings. The molecule has 0 aliphatic heterocycles. The fourth-order valence-electron chi connectivity index (χ4n) is 1.88. The Kier molecular flexibility index (Phi) is 8.48. The summed E-state index contributed by atoms with van der Waals surface area (Å²) in [6.45, 7) is 2.11. The normalized spacial score (nSPS) is 11.6. The van der Waals surface area contributed by atoms with Gasteiger partial charge in [-0.2, -0.15) is 0 Å². The molecule has 0 amide bonds. The zero-order chi connectivity index (χ0) is 14.7. The first-order chi connectivity index (χ1) is 9.76. The van der Waals surface area contributed by atoms with Crippen molar-refractivity contribution < 1.29 is 13.3 Å². The van der Waals surface area contributed by atoms with Gasteiger partial charge in [0, 0.05) is 39.1 Å². The molecule has 0 aromatic heterocycles. The number of anilines is 1. The van der Waals surface area contributed by atoms with E-state index in [9.17, 15) is 0 Å². The van der Waals surface area contributed by atoms with Gasteiger partial charge in [0.05, 0.1) is 0 Å². The van der Waals surface area contributed by atoms with E-state index in [1.54, 1.807) is 14.2 Å². The highest BCUT2D eigenvalue weighted by molar-refractivity contribution is 6.60. The summed E-state index contributed by atoms with van der Waals surface area (Å²) in [5.41, 5.74) is 6.65. The zero-order valence-electron chi connectivity index (χ0n) is 12.4. The Morgan fingerprint density at radius 2 is 1.80 bits per heavy atom. The number of nitrogens with one attached hydrogen (secondary N) is 1. The van der Waals surface area contributed by atoms with Crippen molar-refractivity contribution in [2.75, 3.05) is 39.2 Å². The second kappa shape index (κ2) is 9.90. The quantitative estimate of drug-likeness (QED) is 0.484. The molecule has 0 heterocycles. The molecule has 0 unspecified atom stereocenters. The number of rotatable bonds is 11. The number of hydrogen-bond acceptors (Lipinski definition) is 5. The van der Waals surface area contributed by atoms with Gasteiger partial charge in [0.1, 0.15) is 0 Å². The van der Waals surface area contributed by atoms with E-state index in [0.29, 0.717) is 13.2 Å². The first-order valence-corrected chi connectivity index (χ1v) is 8.93. The van der Waals surface area contributed by atoms with Crippen molar-refractivity contribution in [1.29, 1.82) is 0 Å². The van der Waals surface area contributed by atoms with Gasteiger partial charge in [0.2, 0.25) is 0 Å². The second-order valence-electron chi connectivity index (χ2n) is 4.48. The minimum Gasteiger partial charge on any atom is -0.385 e. The van der Waals surface area contributed by atoms with Crippen LogP contribution in [0.2, 0.25) is 6.04 Å². The monoisotopic (exact) mass is 298 g/mol. The Balaban J connectivity index is 2.23. The molecule has 114 valence electrons. The summed E-state index contributed by atoms with van der Waals surface area (Å²) in [5, 5.41) is 3.34. The van der Waals surface area contributed by atoms with Crippen LogP contribution in [0.5, 0.6) is 0 Å². The molecule has 3 N–H and O–H groups in total. The molecule has 0 atom stereocenters. The van der Waals surface area contributed by atoms with Gasteiger partial charge in [0.25, 0.3) is 0 Å². The first-order valence-electron chi connectivity index (χ1n) is 6.99. The van der Waals surface area contributed by atoms with E-state index in [1.807, 2.05) is 30.3 Å². The molecule has 6 heteroatoms. The molecule has 0 radical (unpaired) electrons. The highest BCUT2D eigenvalue weighted by atomic mass is 28.4. The topological polar surface area (TPSA) is 65.7 Å². The Labute approximate surface area is 122 Å². The van der Waals surface area contributed by atoms with Crippen molar-refractivity contribution in [1.82, 2.24) is 0 Å². The summed E-state index contributed by atoms with van der Waals surface area (Å²) in [4.78, 5) is 0. The van der Waals surface area contributed by atoms with Gasteiger partial charge in [-0.25, -0.2) is 0 Å². The van der Waals surface area contributed by atoms with Gasteiger partial charge >= 0.3 is 8.80 Å². The molecule has 1 aromatic rings. The van der Waals surface area contributed by atoms with Crippen LogP contribution in [-0.4, -0.2) is 42.7 Å². The number of para-hydroxylation sites is 1. The van der Waals surface area contributed by atoms with Gasteiger partial charge < -0.3 is 24.3 Å². The minimum atomic E-state index is -2.50. The van der Waals surface area contributed by atoms with Crippen molar-refractivity contribution in [2.24, 2.45) is 5.73 Å². The molecule has 1 rings (SSSR count). The molecule has 0 aliphatic carbocycles. The maximum absolute atomic E-state index is 5.87. The average Bonchev–Trinajstić information content (AvgIpc) is 2.51. The maximum atomic E-state index is 5.87. The lowest BCUT2D eigenvalue weighted by atomic mass is 10.3. The molecule has 0 spiro atoms. The first kappa shape index (κ1) is 17.1. The second-order valence-corrected chi connectivity index (χ2v) is 7.45. The lowest BCUT2D eigenvalue weighted by molar-refractivity contribution is 0.0976. The van der Waals surface area contributed by atoms with Gasteiger partial charge in [-0.05, 0) is 31.5 Å². The molecular weight excluding hydrogens is 272 g/mol. The van der Waals surface area contributed by atoms with Crippen LogP contribution in [0.4, 0.5) is 5.69 Å². The molecular formula is C14H26N2O3Si. The van der Waals surface area contributed by atoms with E-state index >= 15 is 0 Å². The zero-order valence-corrected chi connectivity index (χ0v) is 13.4. The van der Waals surface area contributed by atoms with Crippen LogP contribution >= 0.6 is 0 Å². The van der Waals surface area contributed by atoms with Gasteiger partial charge in [-0.3, -0.25) is 0 Å². The molecule has 0 saturated carbocycles. The Morgan fingerprint density at radius 1 is 1.10 bits per heavy atom. The summed E-state index contributed by atoms with van der Waals surface area (Å²) in [5.74, 6) is 0.